The zero-order valence-electron chi connectivity index (χ0n) is 9.96. The van der Waals surface area contributed by atoms with Crippen LogP contribution < -0.4 is 0 Å². The summed E-state index contributed by atoms with van der Waals surface area (Å²) in [7, 11) is 0. The fourth-order valence-corrected chi connectivity index (χ4v) is 2.58. The molecule has 86 valence electrons. The first-order valence-electron chi connectivity index (χ1n) is 6.12. The van der Waals surface area contributed by atoms with Crippen molar-refractivity contribution in [2.45, 2.75) is 26.2 Å². The van der Waals surface area contributed by atoms with Crippen molar-refractivity contribution in [3.63, 3.8) is 0 Å². The van der Waals surface area contributed by atoms with Crippen molar-refractivity contribution in [3.8, 4) is 11.1 Å². The van der Waals surface area contributed by atoms with Crippen LogP contribution in [0.5, 0.6) is 0 Å². The van der Waals surface area contributed by atoms with E-state index >= 15 is 0 Å². The summed E-state index contributed by atoms with van der Waals surface area (Å²) in [6.45, 7) is 1.81. The third-order valence-electron chi connectivity index (χ3n) is 3.59. The Kier molecular flexibility index (Phi) is 2.47. The predicted molar refractivity (Wildman–Crippen MR) is 68.6 cm³/mol. The SMILES string of the molecule is Cc1cc(-c2ccc3c(c2)CCC3)ccc1F. The highest BCUT2D eigenvalue weighted by Crippen LogP contribution is 2.28. The Labute approximate surface area is 101 Å². The van der Waals surface area contributed by atoms with Crippen LogP contribution in [0.25, 0.3) is 11.1 Å². The van der Waals surface area contributed by atoms with Gasteiger partial charge >= 0.3 is 0 Å². The van der Waals surface area contributed by atoms with Gasteiger partial charge < -0.3 is 0 Å². The average molecular weight is 226 g/mol. The van der Waals surface area contributed by atoms with Crippen LogP contribution in [0.3, 0.4) is 0 Å². The van der Waals surface area contributed by atoms with E-state index in [1.54, 1.807) is 6.07 Å². The summed E-state index contributed by atoms with van der Waals surface area (Å²) in [5.74, 6) is -0.130. The van der Waals surface area contributed by atoms with Crippen molar-refractivity contribution >= 4 is 0 Å². The van der Waals surface area contributed by atoms with Gasteiger partial charge in [-0.15, -0.1) is 0 Å². The normalized spacial score (nSPS) is 13.8. The largest absolute Gasteiger partial charge is 0.207 e. The van der Waals surface area contributed by atoms with Gasteiger partial charge in [-0.3, -0.25) is 0 Å². The summed E-state index contributed by atoms with van der Waals surface area (Å²) in [6, 6.07) is 12.0. The summed E-state index contributed by atoms with van der Waals surface area (Å²) < 4.78 is 13.2. The zero-order chi connectivity index (χ0) is 11.8. The second kappa shape index (κ2) is 3.99. The molecule has 1 heteroatoms. The lowest BCUT2D eigenvalue weighted by Gasteiger charge is -2.06. The van der Waals surface area contributed by atoms with Crippen LogP contribution in [-0.4, -0.2) is 0 Å². The summed E-state index contributed by atoms with van der Waals surface area (Å²) in [6.07, 6.45) is 3.66. The molecule has 1 aliphatic rings. The maximum absolute atomic E-state index is 13.2. The summed E-state index contributed by atoms with van der Waals surface area (Å²) in [5.41, 5.74) is 5.97. The van der Waals surface area contributed by atoms with Crippen LogP contribution >= 0.6 is 0 Å². The predicted octanol–water partition coefficient (Wildman–Crippen LogP) is 4.29. The minimum absolute atomic E-state index is 0.130. The summed E-state index contributed by atoms with van der Waals surface area (Å²) >= 11 is 0. The second-order valence-corrected chi connectivity index (χ2v) is 4.80. The molecule has 0 N–H and O–H groups in total. The first kappa shape index (κ1) is 10.5. The van der Waals surface area contributed by atoms with Gasteiger partial charge in [0.1, 0.15) is 5.82 Å². The van der Waals surface area contributed by atoms with E-state index in [0.29, 0.717) is 5.56 Å². The number of rotatable bonds is 1. The number of aryl methyl sites for hydroxylation is 3. The van der Waals surface area contributed by atoms with Crippen molar-refractivity contribution in [2.24, 2.45) is 0 Å². The van der Waals surface area contributed by atoms with E-state index in [1.807, 2.05) is 19.1 Å². The number of hydrogen-bond acceptors (Lipinski definition) is 0. The Morgan fingerprint density at radius 3 is 2.41 bits per heavy atom. The molecule has 2 aromatic carbocycles. The van der Waals surface area contributed by atoms with Crippen LogP contribution in [0, 0.1) is 12.7 Å². The number of fused-ring (bicyclic) bond motifs is 1. The maximum Gasteiger partial charge on any atom is 0.126 e. The number of benzene rings is 2. The van der Waals surface area contributed by atoms with E-state index in [9.17, 15) is 4.39 Å². The van der Waals surface area contributed by atoms with Crippen LogP contribution in [0.2, 0.25) is 0 Å². The Morgan fingerprint density at radius 2 is 1.59 bits per heavy atom. The second-order valence-electron chi connectivity index (χ2n) is 4.80. The van der Waals surface area contributed by atoms with E-state index < -0.39 is 0 Å². The average Bonchev–Trinajstić information content (AvgIpc) is 2.79. The van der Waals surface area contributed by atoms with Gasteiger partial charge in [0.15, 0.2) is 0 Å². The molecule has 3 rings (SSSR count). The van der Waals surface area contributed by atoms with Gasteiger partial charge in [0.05, 0.1) is 0 Å². The van der Waals surface area contributed by atoms with Crippen molar-refractivity contribution in [3.05, 3.63) is 58.9 Å². The molecule has 0 amide bonds. The summed E-state index contributed by atoms with van der Waals surface area (Å²) in [4.78, 5) is 0. The summed E-state index contributed by atoms with van der Waals surface area (Å²) in [5, 5.41) is 0. The fraction of sp³-hybridized carbons (Fsp3) is 0.250. The Hall–Kier alpha value is -1.63. The molecular weight excluding hydrogens is 211 g/mol. The molecule has 17 heavy (non-hydrogen) atoms. The van der Waals surface area contributed by atoms with E-state index in [0.717, 1.165) is 5.56 Å². The van der Waals surface area contributed by atoms with E-state index in [-0.39, 0.29) is 5.82 Å². The number of hydrogen-bond donors (Lipinski definition) is 0. The molecule has 1 aliphatic carbocycles. The standard InChI is InChI=1S/C16H15F/c1-11-9-14(7-8-16(11)17)15-6-5-12-3-2-4-13(12)10-15/h5-10H,2-4H2,1H3. The van der Waals surface area contributed by atoms with E-state index in [1.165, 1.54) is 36.0 Å². The van der Waals surface area contributed by atoms with E-state index in [2.05, 4.69) is 18.2 Å². The molecule has 0 saturated heterocycles. The minimum atomic E-state index is -0.130. The molecule has 0 aromatic heterocycles. The van der Waals surface area contributed by atoms with Crippen molar-refractivity contribution in [1.29, 1.82) is 0 Å². The lowest BCUT2D eigenvalue weighted by atomic mass is 9.99. The van der Waals surface area contributed by atoms with Crippen LogP contribution in [0.15, 0.2) is 36.4 Å². The van der Waals surface area contributed by atoms with Crippen molar-refractivity contribution in [2.75, 3.05) is 0 Å². The lowest BCUT2D eigenvalue weighted by molar-refractivity contribution is 0.619. The minimum Gasteiger partial charge on any atom is -0.207 e. The van der Waals surface area contributed by atoms with Gasteiger partial charge in [-0.05, 0) is 66.1 Å². The highest BCUT2D eigenvalue weighted by atomic mass is 19.1. The molecular formula is C16H15F. The highest BCUT2D eigenvalue weighted by Gasteiger charge is 2.11. The molecule has 0 radical (unpaired) electrons. The molecule has 0 heterocycles. The topological polar surface area (TPSA) is 0 Å². The lowest BCUT2D eigenvalue weighted by Crippen LogP contribution is -1.87. The quantitative estimate of drug-likeness (QED) is 0.680. The van der Waals surface area contributed by atoms with Gasteiger partial charge in [0.25, 0.3) is 0 Å². The Morgan fingerprint density at radius 1 is 0.882 bits per heavy atom. The first-order chi connectivity index (χ1) is 8.24. The molecule has 0 bridgehead atoms. The monoisotopic (exact) mass is 226 g/mol. The zero-order valence-corrected chi connectivity index (χ0v) is 9.96. The Bertz CT molecular complexity index is 570. The Balaban J connectivity index is 2.06. The smallest absolute Gasteiger partial charge is 0.126 e. The maximum atomic E-state index is 13.2. The van der Waals surface area contributed by atoms with Gasteiger partial charge in [0.2, 0.25) is 0 Å². The van der Waals surface area contributed by atoms with Gasteiger partial charge in [-0.2, -0.15) is 0 Å². The third kappa shape index (κ3) is 1.86. The van der Waals surface area contributed by atoms with Crippen LogP contribution in [0.4, 0.5) is 4.39 Å². The van der Waals surface area contributed by atoms with E-state index in [4.69, 9.17) is 0 Å². The molecule has 0 saturated carbocycles. The molecule has 0 fully saturated rings. The van der Waals surface area contributed by atoms with Gasteiger partial charge in [-0.1, -0.05) is 24.3 Å². The van der Waals surface area contributed by atoms with Crippen molar-refractivity contribution in [1.82, 2.24) is 0 Å². The highest BCUT2D eigenvalue weighted by molar-refractivity contribution is 5.66. The van der Waals surface area contributed by atoms with Gasteiger partial charge in [-0.25, -0.2) is 4.39 Å². The fourth-order valence-electron chi connectivity index (χ4n) is 2.58. The molecule has 2 aromatic rings. The third-order valence-corrected chi connectivity index (χ3v) is 3.59. The molecule has 0 nitrogen and oxygen atoms in total. The molecule has 0 atom stereocenters. The molecule has 0 aliphatic heterocycles. The molecule has 0 spiro atoms. The number of halogens is 1. The molecule has 0 unspecified atom stereocenters. The van der Waals surface area contributed by atoms with Crippen LogP contribution in [-0.2, 0) is 12.8 Å². The van der Waals surface area contributed by atoms with Crippen molar-refractivity contribution < 1.29 is 4.39 Å². The van der Waals surface area contributed by atoms with Crippen LogP contribution in [0.1, 0.15) is 23.1 Å². The first-order valence-corrected chi connectivity index (χ1v) is 6.12. The van der Waals surface area contributed by atoms with Gasteiger partial charge in [0, 0.05) is 0 Å².